The third-order valence-electron chi connectivity index (χ3n) is 4.48. The van der Waals surface area contributed by atoms with E-state index < -0.39 is 5.97 Å². The van der Waals surface area contributed by atoms with Gasteiger partial charge in [0.2, 0.25) is 0 Å². The summed E-state index contributed by atoms with van der Waals surface area (Å²) in [7, 11) is 0. The minimum Gasteiger partial charge on any atom is -0.545 e. The summed E-state index contributed by atoms with van der Waals surface area (Å²) in [6, 6.07) is 12.9. The summed E-state index contributed by atoms with van der Waals surface area (Å²) in [4.78, 5) is 27.3. The van der Waals surface area contributed by atoms with Gasteiger partial charge in [-0.1, -0.05) is 30.3 Å². The number of anilines is 1. The summed E-state index contributed by atoms with van der Waals surface area (Å²) in [6.07, 6.45) is 3.35. The number of benzene rings is 1. The Morgan fingerprint density at radius 3 is 2.36 bits per heavy atom. The molecule has 0 saturated carbocycles. The molecule has 1 aliphatic rings. The van der Waals surface area contributed by atoms with Crippen molar-refractivity contribution in [3.05, 3.63) is 60.4 Å². The SMILES string of the molecule is O=C([O-])c1c(-c2ccccc2)nc(-c2cccnc2)nc1N1CCNCC1.[K+]. The maximum absolute atomic E-state index is 12.1. The zero-order chi connectivity index (χ0) is 18.6. The average Bonchev–Trinajstić information content (AvgIpc) is 2.74. The van der Waals surface area contributed by atoms with Crippen molar-refractivity contribution in [2.75, 3.05) is 31.1 Å². The number of carbonyl (C=O) groups excluding carboxylic acids is 1. The van der Waals surface area contributed by atoms with Crippen LogP contribution in [0.25, 0.3) is 22.6 Å². The fourth-order valence-corrected chi connectivity index (χ4v) is 3.17. The molecule has 8 heteroatoms. The van der Waals surface area contributed by atoms with Gasteiger partial charge in [-0.15, -0.1) is 0 Å². The molecule has 4 rings (SSSR count). The van der Waals surface area contributed by atoms with E-state index in [1.54, 1.807) is 18.5 Å². The Morgan fingerprint density at radius 1 is 1.00 bits per heavy atom. The van der Waals surface area contributed by atoms with Gasteiger partial charge in [-0.25, -0.2) is 9.97 Å². The fraction of sp³-hybridized carbons (Fsp3) is 0.200. The number of carboxylic acid groups (broad SMARTS) is 1. The summed E-state index contributed by atoms with van der Waals surface area (Å²) in [5.74, 6) is -0.440. The Labute approximate surface area is 205 Å². The van der Waals surface area contributed by atoms with E-state index in [-0.39, 0.29) is 56.9 Å². The Bertz CT molecular complexity index is 948. The number of nitrogens with one attached hydrogen (secondary N) is 1. The van der Waals surface area contributed by atoms with Gasteiger partial charge < -0.3 is 20.1 Å². The summed E-state index contributed by atoms with van der Waals surface area (Å²) in [5, 5.41) is 15.3. The molecule has 1 aromatic carbocycles. The van der Waals surface area contributed by atoms with Crippen molar-refractivity contribution in [1.29, 1.82) is 0 Å². The van der Waals surface area contributed by atoms with Crippen LogP contribution in [0.4, 0.5) is 5.82 Å². The molecule has 3 heterocycles. The Kier molecular flexibility index (Phi) is 7.28. The van der Waals surface area contributed by atoms with Gasteiger partial charge in [0.25, 0.3) is 0 Å². The molecule has 136 valence electrons. The molecule has 0 atom stereocenters. The molecule has 0 bridgehead atoms. The number of carbonyl (C=O) groups is 1. The van der Waals surface area contributed by atoms with Gasteiger partial charge in [0.05, 0.1) is 17.2 Å². The van der Waals surface area contributed by atoms with Crippen LogP contribution in [0.3, 0.4) is 0 Å². The predicted molar refractivity (Wildman–Crippen MR) is 100 cm³/mol. The van der Waals surface area contributed by atoms with E-state index in [2.05, 4.69) is 20.3 Å². The summed E-state index contributed by atoms with van der Waals surface area (Å²) >= 11 is 0. The smallest absolute Gasteiger partial charge is 0.545 e. The van der Waals surface area contributed by atoms with Crippen LogP contribution in [-0.2, 0) is 0 Å². The second-order valence-corrected chi connectivity index (χ2v) is 6.23. The normalized spacial score (nSPS) is 13.6. The van der Waals surface area contributed by atoms with Crippen LogP contribution in [0.1, 0.15) is 10.4 Å². The molecule has 0 radical (unpaired) electrons. The van der Waals surface area contributed by atoms with E-state index in [0.717, 1.165) is 18.7 Å². The van der Waals surface area contributed by atoms with E-state index in [1.807, 2.05) is 41.3 Å². The summed E-state index contributed by atoms with van der Waals surface area (Å²) < 4.78 is 0. The minimum atomic E-state index is -1.28. The zero-order valence-corrected chi connectivity index (χ0v) is 18.8. The first-order valence-corrected chi connectivity index (χ1v) is 8.79. The number of nitrogens with zero attached hydrogens (tertiary/aromatic N) is 4. The first-order chi connectivity index (χ1) is 13.2. The van der Waals surface area contributed by atoms with Crippen molar-refractivity contribution >= 4 is 11.8 Å². The number of pyridine rings is 1. The zero-order valence-electron chi connectivity index (χ0n) is 15.6. The van der Waals surface area contributed by atoms with Crippen molar-refractivity contribution in [2.45, 2.75) is 0 Å². The topological polar surface area (TPSA) is 94.1 Å². The summed E-state index contributed by atoms with van der Waals surface area (Å²) in [5.41, 5.74) is 1.82. The maximum atomic E-state index is 12.1. The van der Waals surface area contributed by atoms with E-state index >= 15 is 0 Å². The molecule has 1 N–H and O–H groups in total. The Morgan fingerprint density at radius 2 is 1.71 bits per heavy atom. The molecule has 1 saturated heterocycles. The van der Waals surface area contributed by atoms with Gasteiger partial charge in [0.1, 0.15) is 5.82 Å². The molecule has 0 aliphatic carbocycles. The minimum absolute atomic E-state index is 0. The monoisotopic (exact) mass is 399 g/mol. The van der Waals surface area contributed by atoms with E-state index in [9.17, 15) is 9.90 Å². The van der Waals surface area contributed by atoms with Crippen LogP contribution in [0.5, 0.6) is 0 Å². The molecular weight excluding hydrogens is 381 g/mol. The van der Waals surface area contributed by atoms with E-state index in [0.29, 0.717) is 36.0 Å². The Hall–Kier alpha value is -1.68. The molecule has 28 heavy (non-hydrogen) atoms. The quantitative estimate of drug-likeness (QED) is 0.506. The van der Waals surface area contributed by atoms with Gasteiger partial charge >= 0.3 is 51.4 Å². The molecule has 0 spiro atoms. The molecule has 7 nitrogen and oxygen atoms in total. The number of piperazine rings is 1. The Balaban J connectivity index is 0.00000225. The number of carboxylic acids is 1. The van der Waals surface area contributed by atoms with Crippen molar-refractivity contribution in [3.63, 3.8) is 0 Å². The van der Waals surface area contributed by atoms with Crippen LogP contribution in [-0.4, -0.2) is 47.1 Å². The number of hydrogen-bond donors (Lipinski definition) is 1. The third kappa shape index (κ3) is 4.48. The van der Waals surface area contributed by atoms with Crippen LogP contribution in [0, 0.1) is 0 Å². The molecule has 0 unspecified atom stereocenters. The predicted octanol–water partition coefficient (Wildman–Crippen LogP) is -2.02. The molecule has 2 aromatic heterocycles. The van der Waals surface area contributed by atoms with Gasteiger partial charge in [-0.2, -0.15) is 0 Å². The second kappa shape index (κ2) is 9.68. The molecule has 1 fully saturated rings. The van der Waals surface area contributed by atoms with Crippen molar-refractivity contribution < 1.29 is 61.3 Å². The molecule has 1 aliphatic heterocycles. The molecule has 3 aromatic rings. The van der Waals surface area contributed by atoms with Crippen LogP contribution >= 0.6 is 0 Å². The number of rotatable bonds is 4. The largest absolute Gasteiger partial charge is 1.00 e. The van der Waals surface area contributed by atoms with Gasteiger partial charge in [-0.3, -0.25) is 4.98 Å². The van der Waals surface area contributed by atoms with Crippen molar-refractivity contribution in [1.82, 2.24) is 20.3 Å². The van der Waals surface area contributed by atoms with Crippen molar-refractivity contribution in [2.24, 2.45) is 0 Å². The van der Waals surface area contributed by atoms with Gasteiger partial charge in [0, 0.05) is 49.7 Å². The molecule has 0 amide bonds. The molecular formula is C20H18KN5O2. The fourth-order valence-electron chi connectivity index (χ4n) is 3.17. The standard InChI is InChI=1S/C20H19N5O2.K/c26-20(27)16-17(14-5-2-1-3-6-14)23-18(15-7-4-8-22-13-15)24-19(16)25-11-9-21-10-12-25;/h1-8,13,21H,9-12H2,(H,26,27);/q;+1/p-1. The van der Waals surface area contributed by atoms with Crippen LogP contribution < -0.4 is 66.7 Å². The van der Waals surface area contributed by atoms with Gasteiger partial charge in [-0.05, 0) is 12.1 Å². The van der Waals surface area contributed by atoms with Crippen LogP contribution in [0.2, 0.25) is 0 Å². The number of hydrogen-bond acceptors (Lipinski definition) is 7. The summed E-state index contributed by atoms with van der Waals surface area (Å²) in [6.45, 7) is 2.86. The van der Waals surface area contributed by atoms with Crippen LogP contribution in [0.15, 0.2) is 54.9 Å². The number of aromatic carboxylic acids is 1. The first kappa shape index (κ1) is 21.0. The van der Waals surface area contributed by atoms with E-state index in [4.69, 9.17) is 0 Å². The van der Waals surface area contributed by atoms with E-state index in [1.165, 1.54) is 0 Å². The second-order valence-electron chi connectivity index (χ2n) is 6.23. The third-order valence-corrected chi connectivity index (χ3v) is 4.48. The average molecular weight is 399 g/mol. The first-order valence-electron chi connectivity index (χ1n) is 8.79. The number of aromatic nitrogens is 3. The van der Waals surface area contributed by atoms with Crippen molar-refractivity contribution in [3.8, 4) is 22.6 Å². The van der Waals surface area contributed by atoms with Gasteiger partial charge in [0.15, 0.2) is 5.82 Å². The maximum Gasteiger partial charge on any atom is 1.00 e.